The van der Waals surface area contributed by atoms with Gasteiger partial charge in [-0.05, 0) is 39.8 Å². The topological polar surface area (TPSA) is 18.5 Å². The lowest BCUT2D eigenvalue weighted by atomic mass is 10.2. The van der Waals surface area contributed by atoms with Crippen molar-refractivity contribution >= 4 is 0 Å². The summed E-state index contributed by atoms with van der Waals surface area (Å²) >= 11 is 0. The highest BCUT2D eigenvalue weighted by molar-refractivity contribution is 4.87. The summed E-state index contributed by atoms with van der Waals surface area (Å²) in [5.41, 5.74) is 0. The summed E-state index contributed by atoms with van der Waals surface area (Å²) in [6, 6.07) is 1.62. The van der Waals surface area contributed by atoms with E-state index >= 15 is 0 Å². The molecular weight excluding hydrogens is 186 g/mol. The number of hydrogen-bond donors (Lipinski definition) is 1. The Labute approximate surface area is 93.8 Å². The molecule has 1 saturated carbocycles. The first-order chi connectivity index (χ1) is 7.29. The molecule has 88 valence electrons. The third kappa shape index (κ3) is 3.44. The first-order valence-electron chi connectivity index (χ1n) is 6.43. The molecule has 0 aromatic rings. The average molecular weight is 211 g/mol. The zero-order valence-electron chi connectivity index (χ0n) is 10.2. The van der Waals surface area contributed by atoms with E-state index in [1.165, 1.54) is 52.0 Å². The van der Waals surface area contributed by atoms with E-state index in [0.29, 0.717) is 6.04 Å². The van der Waals surface area contributed by atoms with Crippen LogP contribution in [0, 0.1) is 0 Å². The van der Waals surface area contributed by atoms with E-state index in [1.54, 1.807) is 0 Å². The van der Waals surface area contributed by atoms with Crippen molar-refractivity contribution in [3.05, 3.63) is 0 Å². The Morgan fingerprint density at radius 3 is 2.40 bits per heavy atom. The standard InChI is InChI=1S/C12H25N3/c1-11(13-2)5-6-14-7-9-15(10-8-14)12-3-4-12/h11-13H,3-10H2,1-2H3. The summed E-state index contributed by atoms with van der Waals surface area (Å²) in [7, 11) is 2.05. The van der Waals surface area contributed by atoms with Crippen LogP contribution in [-0.4, -0.2) is 61.7 Å². The molecule has 0 bridgehead atoms. The quantitative estimate of drug-likeness (QED) is 0.724. The van der Waals surface area contributed by atoms with E-state index in [-0.39, 0.29) is 0 Å². The predicted molar refractivity (Wildman–Crippen MR) is 64.2 cm³/mol. The molecular formula is C12H25N3. The van der Waals surface area contributed by atoms with Gasteiger partial charge in [-0.2, -0.15) is 0 Å². The van der Waals surface area contributed by atoms with E-state index in [1.807, 2.05) is 0 Å². The lowest BCUT2D eigenvalue weighted by Crippen LogP contribution is -2.47. The fraction of sp³-hybridized carbons (Fsp3) is 1.00. The van der Waals surface area contributed by atoms with Crippen molar-refractivity contribution in [2.75, 3.05) is 39.8 Å². The summed E-state index contributed by atoms with van der Waals surface area (Å²) in [6.07, 6.45) is 4.19. The van der Waals surface area contributed by atoms with Crippen molar-refractivity contribution in [1.82, 2.24) is 15.1 Å². The van der Waals surface area contributed by atoms with Crippen LogP contribution in [0.25, 0.3) is 0 Å². The number of nitrogens with zero attached hydrogens (tertiary/aromatic N) is 2. The Hall–Kier alpha value is -0.120. The molecule has 0 amide bonds. The van der Waals surface area contributed by atoms with E-state index < -0.39 is 0 Å². The molecule has 1 saturated heterocycles. The van der Waals surface area contributed by atoms with Crippen LogP contribution in [0.5, 0.6) is 0 Å². The van der Waals surface area contributed by atoms with Gasteiger partial charge in [-0.1, -0.05) is 0 Å². The highest BCUT2D eigenvalue weighted by Crippen LogP contribution is 2.27. The van der Waals surface area contributed by atoms with Crippen molar-refractivity contribution in [2.24, 2.45) is 0 Å². The minimum Gasteiger partial charge on any atom is -0.317 e. The molecule has 2 fully saturated rings. The predicted octanol–water partition coefficient (Wildman–Crippen LogP) is 0.764. The number of nitrogens with one attached hydrogen (secondary N) is 1. The second-order valence-electron chi connectivity index (χ2n) is 5.09. The van der Waals surface area contributed by atoms with E-state index in [9.17, 15) is 0 Å². The van der Waals surface area contributed by atoms with Gasteiger partial charge in [0.25, 0.3) is 0 Å². The normalized spacial score (nSPS) is 26.8. The van der Waals surface area contributed by atoms with Crippen molar-refractivity contribution in [2.45, 2.75) is 38.3 Å². The molecule has 1 heterocycles. The van der Waals surface area contributed by atoms with Gasteiger partial charge in [-0.15, -0.1) is 0 Å². The van der Waals surface area contributed by atoms with Crippen molar-refractivity contribution in [3.63, 3.8) is 0 Å². The first-order valence-corrected chi connectivity index (χ1v) is 6.43. The van der Waals surface area contributed by atoms with Gasteiger partial charge in [0, 0.05) is 38.3 Å². The Morgan fingerprint density at radius 2 is 1.87 bits per heavy atom. The third-order valence-corrected chi connectivity index (χ3v) is 3.84. The molecule has 3 heteroatoms. The molecule has 2 aliphatic rings. The van der Waals surface area contributed by atoms with Gasteiger partial charge < -0.3 is 10.2 Å². The van der Waals surface area contributed by atoms with Crippen molar-refractivity contribution < 1.29 is 0 Å². The minimum atomic E-state index is 0.659. The Kier molecular flexibility index (Phi) is 4.00. The number of piperazine rings is 1. The molecule has 3 nitrogen and oxygen atoms in total. The molecule has 0 aromatic heterocycles. The summed E-state index contributed by atoms with van der Waals surface area (Å²) in [6.45, 7) is 8.71. The molecule has 1 aliphatic carbocycles. The van der Waals surface area contributed by atoms with Gasteiger partial charge in [0.2, 0.25) is 0 Å². The fourth-order valence-electron chi connectivity index (χ4n) is 2.31. The maximum atomic E-state index is 3.30. The highest BCUT2D eigenvalue weighted by atomic mass is 15.3. The summed E-state index contributed by atoms with van der Waals surface area (Å²) in [5.74, 6) is 0. The third-order valence-electron chi connectivity index (χ3n) is 3.84. The van der Waals surface area contributed by atoms with Crippen LogP contribution in [0.3, 0.4) is 0 Å². The van der Waals surface area contributed by atoms with Gasteiger partial charge >= 0.3 is 0 Å². The lowest BCUT2D eigenvalue weighted by molar-refractivity contribution is 0.123. The molecule has 1 atom stereocenters. The molecule has 0 aromatic carbocycles. The summed E-state index contributed by atoms with van der Waals surface area (Å²) in [4.78, 5) is 5.30. The second-order valence-corrected chi connectivity index (χ2v) is 5.09. The van der Waals surface area contributed by atoms with Crippen LogP contribution in [0.1, 0.15) is 26.2 Å². The van der Waals surface area contributed by atoms with Gasteiger partial charge in [-0.3, -0.25) is 4.90 Å². The Balaban J connectivity index is 1.60. The second kappa shape index (κ2) is 5.28. The van der Waals surface area contributed by atoms with Gasteiger partial charge in [0.1, 0.15) is 0 Å². The van der Waals surface area contributed by atoms with Crippen LogP contribution in [0.2, 0.25) is 0 Å². The van der Waals surface area contributed by atoms with E-state index in [2.05, 4.69) is 29.1 Å². The maximum Gasteiger partial charge on any atom is 0.0113 e. The van der Waals surface area contributed by atoms with Crippen LogP contribution >= 0.6 is 0 Å². The van der Waals surface area contributed by atoms with Crippen LogP contribution in [0.15, 0.2) is 0 Å². The molecule has 1 unspecified atom stereocenters. The molecule has 2 rings (SSSR count). The monoisotopic (exact) mass is 211 g/mol. The zero-order chi connectivity index (χ0) is 10.7. The van der Waals surface area contributed by atoms with Crippen molar-refractivity contribution in [1.29, 1.82) is 0 Å². The highest BCUT2D eigenvalue weighted by Gasteiger charge is 2.30. The molecule has 0 radical (unpaired) electrons. The maximum absolute atomic E-state index is 3.30. The van der Waals surface area contributed by atoms with Gasteiger partial charge in [-0.25, -0.2) is 0 Å². The van der Waals surface area contributed by atoms with Crippen LogP contribution < -0.4 is 5.32 Å². The summed E-state index contributed by atoms with van der Waals surface area (Å²) in [5, 5.41) is 3.30. The van der Waals surface area contributed by atoms with Crippen molar-refractivity contribution in [3.8, 4) is 0 Å². The first kappa shape index (κ1) is 11.4. The fourth-order valence-corrected chi connectivity index (χ4v) is 2.31. The Morgan fingerprint density at radius 1 is 1.20 bits per heavy atom. The smallest absolute Gasteiger partial charge is 0.0113 e. The largest absolute Gasteiger partial charge is 0.317 e. The van der Waals surface area contributed by atoms with Gasteiger partial charge in [0.05, 0.1) is 0 Å². The molecule has 15 heavy (non-hydrogen) atoms. The average Bonchev–Trinajstić information content (AvgIpc) is 3.10. The number of rotatable bonds is 5. The minimum absolute atomic E-state index is 0.659. The van der Waals surface area contributed by atoms with E-state index in [4.69, 9.17) is 0 Å². The van der Waals surface area contributed by atoms with Gasteiger partial charge in [0.15, 0.2) is 0 Å². The lowest BCUT2D eigenvalue weighted by Gasteiger charge is -2.35. The van der Waals surface area contributed by atoms with Crippen LogP contribution in [0.4, 0.5) is 0 Å². The summed E-state index contributed by atoms with van der Waals surface area (Å²) < 4.78 is 0. The number of hydrogen-bond acceptors (Lipinski definition) is 3. The molecule has 1 N–H and O–H groups in total. The molecule has 0 spiro atoms. The van der Waals surface area contributed by atoms with E-state index in [0.717, 1.165) is 6.04 Å². The molecule has 1 aliphatic heterocycles. The zero-order valence-corrected chi connectivity index (χ0v) is 10.2. The Bertz CT molecular complexity index is 183. The SMILES string of the molecule is CNC(C)CCN1CCN(C2CC2)CC1. The van der Waals surface area contributed by atoms with Crippen LogP contribution in [-0.2, 0) is 0 Å².